The van der Waals surface area contributed by atoms with Gasteiger partial charge in [0.15, 0.2) is 0 Å². The average molecular weight is 397 g/mol. The Morgan fingerprint density at radius 2 is 2.09 bits per heavy atom. The minimum atomic E-state index is 0.638. The predicted molar refractivity (Wildman–Crippen MR) is 94.4 cm³/mol. The molecule has 0 spiro atoms. The van der Waals surface area contributed by atoms with Crippen LogP contribution in [0.3, 0.4) is 0 Å². The molecule has 1 unspecified atom stereocenters. The van der Waals surface area contributed by atoms with Crippen molar-refractivity contribution in [1.82, 2.24) is 19.9 Å². The number of aromatic nitrogens is 2. The molecule has 4 rings (SSSR count). The SMILES string of the molecule is Brc1ccc(-c2noc(CN3CCCC3CN3CCCC3)n2)s1. The van der Waals surface area contributed by atoms with Gasteiger partial charge in [0.25, 0.3) is 0 Å². The monoisotopic (exact) mass is 396 g/mol. The third-order valence-electron chi connectivity index (χ3n) is 4.77. The lowest BCUT2D eigenvalue weighted by Crippen LogP contribution is -2.38. The molecule has 2 saturated heterocycles. The highest BCUT2D eigenvalue weighted by atomic mass is 79.9. The zero-order valence-electron chi connectivity index (χ0n) is 13.1. The summed E-state index contributed by atoms with van der Waals surface area (Å²) in [6, 6.07) is 4.68. The molecule has 23 heavy (non-hydrogen) atoms. The van der Waals surface area contributed by atoms with E-state index in [0.717, 1.165) is 27.6 Å². The van der Waals surface area contributed by atoms with Crippen LogP contribution in [0.2, 0.25) is 0 Å². The van der Waals surface area contributed by atoms with Crippen molar-refractivity contribution < 1.29 is 4.52 Å². The lowest BCUT2D eigenvalue weighted by molar-refractivity contribution is 0.168. The highest BCUT2D eigenvalue weighted by molar-refractivity contribution is 9.11. The first-order valence-corrected chi connectivity index (χ1v) is 9.93. The van der Waals surface area contributed by atoms with Gasteiger partial charge in [-0.1, -0.05) is 5.16 Å². The van der Waals surface area contributed by atoms with E-state index in [1.54, 1.807) is 11.3 Å². The van der Waals surface area contributed by atoms with Gasteiger partial charge in [-0.15, -0.1) is 11.3 Å². The topological polar surface area (TPSA) is 45.4 Å². The van der Waals surface area contributed by atoms with Crippen molar-refractivity contribution in [2.45, 2.75) is 38.3 Å². The molecule has 1 atom stereocenters. The molecular weight excluding hydrogens is 376 g/mol. The first-order valence-electron chi connectivity index (χ1n) is 8.32. The van der Waals surface area contributed by atoms with Crippen LogP contribution in [0.5, 0.6) is 0 Å². The lowest BCUT2D eigenvalue weighted by atomic mass is 10.2. The standard InChI is InChI=1S/C16H21BrN4OS/c17-14-6-5-13(23-14)16-18-15(22-19-16)11-21-9-3-4-12(21)10-20-7-1-2-8-20/h5-6,12H,1-4,7-11H2. The molecule has 2 fully saturated rings. The number of rotatable bonds is 5. The molecule has 2 aliphatic heterocycles. The van der Waals surface area contributed by atoms with E-state index in [1.165, 1.54) is 45.3 Å². The average Bonchev–Trinajstić information content (AvgIpc) is 3.29. The minimum absolute atomic E-state index is 0.638. The van der Waals surface area contributed by atoms with Crippen LogP contribution in [0.25, 0.3) is 10.7 Å². The van der Waals surface area contributed by atoms with Crippen LogP contribution in [0.15, 0.2) is 20.4 Å². The maximum atomic E-state index is 5.48. The van der Waals surface area contributed by atoms with Crippen LogP contribution in [-0.4, -0.2) is 52.2 Å². The molecule has 7 heteroatoms. The quantitative estimate of drug-likeness (QED) is 0.771. The van der Waals surface area contributed by atoms with Crippen molar-refractivity contribution in [3.8, 4) is 10.7 Å². The third kappa shape index (κ3) is 3.68. The van der Waals surface area contributed by atoms with E-state index in [4.69, 9.17) is 4.52 Å². The minimum Gasteiger partial charge on any atom is -0.338 e. The maximum absolute atomic E-state index is 5.48. The second kappa shape index (κ2) is 7.01. The summed E-state index contributed by atoms with van der Waals surface area (Å²) in [4.78, 5) is 10.7. The van der Waals surface area contributed by atoms with Crippen molar-refractivity contribution in [1.29, 1.82) is 0 Å². The maximum Gasteiger partial charge on any atom is 0.241 e. The van der Waals surface area contributed by atoms with Gasteiger partial charge >= 0.3 is 0 Å². The fourth-order valence-electron chi connectivity index (χ4n) is 3.60. The molecule has 2 aromatic rings. The summed E-state index contributed by atoms with van der Waals surface area (Å²) in [5, 5.41) is 4.14. The van der Waals surface area contributed by atoms with Crippen LogP contribution in [-0.2, 0) is 6.54 Å². The van der Waals surface area contributed by atoms with E-state index in [0.29, 0.717) is 11.9 Å². The van der Waals surface area contributed by atoms with Crippen LogP contribution < -0.4 is 0 Å². The first kappa shape index (κ1) is 15.7. The van der Waals surface area contributed by atoms with Crippen LogP contribution >= 0.6 is 27.3 Å². The molecule has 2 aromatic heterocycles. The molecule has 0 amide bonds. The normalized spacial score (nSPS) is 23.1. The van der Waals surface area contributed by atoms with Gasteiger partial charge in [-0.3, -0.25) is 4.90 Å². The number of thiophene rings is 1. The van der Waals surface area contributed by atoms with Gasteiger partial charge in [0.05, 0.1) is 15.2 Å². The largest absolute Gasteiger partial charge is 0.338 e. The van der Waals surface area contributed by atoms with E-state index in [2.05, 4.69) is 35.9 Å². The molecule has 0 aliphatic carbocycles. The Bertz CT molecular complexity index is 652. The highest BCUT2D eigenvalue weighted by Gasteiger charge is 2.28. The lowest BCUT2D eigenvalue weighted by Gasteiger charge is -2.27. The van der Waals surface area contributed by atoms with Gasteiger partial charge < -0.3 is 9.42 Å². The Morgan fingerprint density at radius 1 is 1.22 bits per heavy atom. The number of hydrogen-bond acceptors (Lipinski definition) is 6. The first-order chi connectivity index (χ1) is 11.3. The molecule has 0 bridgehead atoms. The number of hydrogen-bond donors (Lipinski definition) is 0. The molecule has 0 saturated carbocycles. The molecular formula is C16H21BrN4OS. The van der Waals surface area contributed by atoms with Gasteiger partial charge in [-0.25, -0.2) is 0 Å². The molecule has 0 aromatic carbocycles. The van der Waals surface area contributed by atoms with Gasteiger partial charge in [0.2, 0.25) is 11.7 Å². The predicted octanol–water partition coefficient (Wildman–Crippen LogP) is 3.62. The van der Waals surface area contributed by atoms with Gasteiger partial charge in [0.1, 0.15) is 0 Å². The Labute approximate surface area is 148 Å². The van der Waals surface area contributed by atoms with Crippen LogP contribution in [0.4, 0.5) is 0 Å². The second-order valence-electron chi connectivity index (χ2n) is 6.39. The number of nitrogens with zero attached hydrogens (tertiary/aromatic N) is 4. The second-order valence-corrected chi connectivity index (χ2v) is 8.85. The number of halogens is 1. The Hall–Kier alpha value is -0.760. The van der Waals surface area contributed by atoms with Gasteiger partial charge in [0, 0.05) is 12.6 Å². The van der Waals surface area contributed by atoms with E-state index in [-0.39, 0.29) is 0 Å². The van der Waals surface area contributed by atoms with Gasteiger partial charge in [-0.05, 0) is 73.4 Å². The van der Waals surface area contributed by atoms with Crippen molar-refractivity contribution >= 4 is 27.3 Å². The Kier molecular flexibility index (Phi) is 4.80. The van der Waals surface area contributed by atoms with E-state index in [1.807, 2.05) is 12.1 Å². The molecule has 0 N–H and O–H groups in total. The van der Waals surface area contributed by atoms with Crippen molar-refractivity contribution in [3.05, 3.63) is 21.8 Å². The molecule has 4 heterocycles. The fraction of sp³-hybridized carbons (Fsp3) is 0.625. The number of likely N-dealkylation sites (tertiary alicyclic amines) is 2. The zero-order valence-corrected chi connectivity index (χ0v) is 15.5. The summed E-state index contributed by atoms with van der Waals surface area (Å²) in [6.45, 7) is 5.64. The fourth-order valence-corrected chi connectivity index (χ4v) is 4.91. The molecule has 124 valence electrons. The van der Waals surface area contributed by atoms with Crippen molar-refractivity contribution in [2.24, 2.45) is 0 Å². The summed E-state index contributed by atoms with van der Waals surface area (Å²) in [6.07, 6.45) is 5.28. The Balaban J connectivity index is 1.40. The van der Waals surface area contributed by atoms with E-state index in [9.17, 15) is 0 Å². The summed E-state index contributed by atoms with van der Waals surface area (Å²) >= 11 is 5.11. The highest BCUT2D eigenvalue weighted by Crippen LogP contribution is 2.30. The third-order valence-corrected chi connectivity index (χ3v) is 6.39. The van der Waals surface area contributed by atoms with Crippen LogP contribution in [0, 0.1) is 0 Å². The summed E-state index contributed by atoms with van der Waals surface area (Å²) < 4.78 is 6.57. The molecule has 2 aliphatic rings. The van der Waals surface area contributed by atoms with E-state index >= 15 is 0 Å². The molecule has 0 radical (unpaired) electrons. The van der Waals surface area contributed by atoms with E-state index < -0.39 is 0 Å². The van der Waals surface area contributed by atoms with Crippen molar-refractivity contribution in [2.75, 3.05) is 26.2 Å². The smallest absolute Gasteiger partial charge is 0.241 e. The molecule has 5 nitrogen and oxygen atoms in total. The van der Waals surface area contributed by atoms with Crippen LogP contribution in [0.1, 0.15) is 31.6 Å². The summed E-state index contributed by atoms with van der Waals surface area (Å²) in [7, 11) is 0. The zero-order chi connectivity index (χ0) is 15.6. The summed E-state index contributed by atoms with van der Waals surface area (Å²) in [5.41, 5.74) is 0. The summed E-state index contributed by atoms with van der Waals surface area (Å²) in [5.74, 6) is 1.43. The van der Waals surface area contributed by atoms with Gasteiger partial charge in [-0.2, -0.15) is 4.98 Å². The Morgan fingerprint density at radius 3 is 2.87 bits per heavy atom. The van der Waals surface area contributed by atoms with Crippen molar-refractivity contribution in [3.63, 3.8) is 0 Å².